The van der Waals surface area contributed by atoms with Gasteiger partial charge in [0.05, 0.1) is 23.6 Å². The molecule has 148 valence electrons. The minimum atomic E-state index is 0.191. The molecule has 1 fully saturated rings. The van der Waals surface area contributed by atoms with Crippen LogP contribution < -0.4 is 10.6 Å². The van der Waals surface area contributed by atoms with Gasteiger partial charge < -0.3 is 15.2 Å². The molecule has 6 heteroatoms. The Morgan fingerprint density at radius 3 is 2.86 bits per heavy atom. The van der Waals surface area contributed by atoms with Crippen molar-refractivity contribution in [2.24, 2.45) is 5.73 Å². The molecule has 5 rings (SSSR count). The Hall–Kier alpha value is -2.55. The average molecular weight is 406 g/mol. The normalized spacial score (nSPS) is 22.7. The van der Waals surface area contributed by atoms with E-state index in [1.807, 2.05) is 18.2 Å². The van der Waals surface area contributed by atoms with Crippen molar-refractivity contribution < 1.29 is 0 Å². The van der Waals surface area contributed by atoms with Gasteiger partial charge in [-0.1, -0.05) is 29.8 Å². The summed E-state index contributed by atoms with van der Waals surface area (Å²) < 4.78 is 2.25. The smallest absolute Gasteiger partial charge is 0.129 e. The maximum absolute atomic E-state index is 8.95. The molecule has 1 aromatic heterocycles. The summed E-state index contributed by atoms with van der Waals surface area (Å²) in [7, 11) is 0. The van der Waals surface area contributed by atoms with E-state index in [1.54, 1.807) is 0 Å². The zero-order chi connectivity index (χ0) is 20.0. The number of hydrogen-bond acceptors (Lipinski definition) is 4. The molecule has 1 saturated carbocycles. The number of imidazole rings is 1. The molecular formula is C23H24ClN5. The predicted molar refractivity (Wildman–Crippen MR) is 116 cm³/mol. The number of fused-ring (bicyclic) bond motifs is 3. The summed E-state index contributed by atoms with van der Waals surface area (Å²) in [6.07, 6.45) is 3.45. The van der Waals surface area contributed by atoms with Gasteiger partial charge in [0.15, 0.2) is 0 Å². The quantitative estimate of drug-likeness (QED) is 0.639. The highest BCUT2D eigenvalue weighted by molar-refractivity contribution is 6.31. The summed E-state index contributed by atoms with van der Waals surface area (Å²) in [6, 6.07) is 17.1. The maximum atomic E-state index is 8.95. The summed E-state index contributed by atoms with van der Waals surface area (Å²) in [4.78, 5) is 7.37. The number of aryl methyl sites for hydroxylation is 1. The molecule has 0 bridgehead atoms. The van der Waals surface area contributed by atoms with Gasteiger partial charge >= 0.3 is 0 Å². The SMILES string of the molecule is N#CCCCn1c(CN2CC3(CC(N)C3)c3ccccc32)nc2cc(Cl)ccc21. The number of nitrogens with zero attached hydrogens (tertiary/aromatic N) is 4. The number of rotatable bonds is 5. The van der Waals surface area contributed by atoms with Gasteiger partial charge in [0.1, 0.15) is 5.82 Å². The molecule has 3 aromatic rings. The van der Waals surface area contributed by atoms with Gasteiger partial charge in [-0.3, -0.25) is 0 Å². The maximum Gasteiger partial charge on any atom is 0.129 e. The molecule has 0 unspecified atom stereocenters. The molecule has 1 spiro atoms. The largest absolute Gasteiger partial charge is 0.363 e. The minimum absolute atomic E-state index is 0.191. The highest BCUT2D eigenvalue weighted by Gasteiger charge is 2.50. The van der Waals surface area contributed by atoms with Crippen LogP contribution in [0, 0.1) is 11.3 Å². The number of halogens is 1. The summed E-state index contributed by atoms with van der Waals surface area (Å²) in [5.74, 6) is 1.02. The molecule has 5 nitrogen and oxygen atoms in total. The zero-order valence-corrected chi connectivity index (χ0v) is 17.1. The molecule has 2 N–H and O–H groups in total. The minimum Gasteiger partial charge on any atom is -0.363 e. The molecule has 0 saturated heterocycles. The topological polar surface area (TPSA) is 70.9 Å². The van der Waals surface area contributed by atoms with Crippen molar-refractivity contribution >= 4 is 28.3 Å². The van der Waals surface area contributed by atoms with E-state index in [0.717, 1.165) is 55.8 Å². The number of nitriles is 1. The Balaban J connectivity index is 1.50. The van der Waals surface area contributed by atoms with E-state index in [4.69, 9.17) is 27.6 Å². The molecule has 0 amide bonds. The number of nitrogens with two attached hydrogens (primary N) is 1. The molecule has 1 aliphatic carbocycles. The first-order valence-corrected chi connectivity index (χ1v) is 10.6. The third-order valence-corrected chi connectivity index (χ3v) is 6.64. The highest BCUT2D eigenvalue weighted by atomic mass is 35.5. The Kier molecular flexibility index (Phi) is 4.49. The fourth-order valence-electron chi connectivity index (χ4n) is 5.18. The first-order valence-electron chi connectivity index (χ1n) is 10.2. The number of aromatic nitrogens is 2. The van der Waals surface area contributed by atoms with E-state index >= 15 is 0 Å². The second kappa shape index (κ2) is 7.05. The number of anilines is 1. The van der Waals surface area contributed by atoms with Gasteiger partial charge in [-0.05, 0) is 49.1 Å². The Morgan fingerprint density at radius 1 is 1.24 bits per heavy atom. The molecule has 2 aliphatic rings. The van der Waals surface area contributed by atoms with Crippen LogP contribution in [0.4, 0.5) is 5.69 Å². The van der Waals surface area contributed by atoms with E-state index in [0.29, 0.717) is 17.5 Å². The van der Waals surface area contributed by atoms with Crippen molar-refractivity contribution in [3.8, 4) is 6.07 Å². The number of hydrogen-bond donors (Lipinski definition) is 1. The Labute approximate surface area is 175 Å². The summed E-state index contributed by atoms with van der Waals surface area (Å²) in [5, 5.41) is 9.65. The van der Waals surface area contributed by atoms with Gasteiger partial charge in [-0.2, -0.15) is 5.26 Å². The lowest BCUT2D eigenvalue weighted by Gasteiger charge is -2.44. The number of benzene rings is 2. The second-order valence-corrected chi connectivity index (χ2v) is 8.83. The molecule has 0 radical (unpaired) electrons. The third kappa shape index (κ3) is 3.08. The lowest BCUT2D eigenvalue weighted by atomic mass is 9.63. The first-order chi connectivity index (χ1) is 14.1. The van der Waals surface area contributed by atoms with Crippen molar-refractivity contribution in [1.82, 2.24) is 9.55 Å². The Morgan fingerprint density at radius 2 is 2.07 bits per heavy atom. The van der Waals surface area contributed by atoms with Crippen LogP contribution in [0.5, 0.6) is 0 Å². The van der Waals surface area contributed by atoms with Crippen LogP contribution in [0.3, 0.4) is 0 Å². The molecule has 29 heavy (non-hydrogen) atoms. The first kappa shape index (κ1) is 18.5. The fourth-order valence-corrected chi connectivity index (χ4v) is 5.34. The van der Waals surface area contributed by atoms with Crippen LogP contribution in [0.15, 0.2) is 42.5 Å². The van der Waals surface area contributed by atoms with Gasteiger partial charge in [0.25, 0.3) is 0 Å². The monoisotopic (exact) mass is 405 g/mol. The van der Waals surface area contributed by atoms with E-state index < -0.39 is 0 Å². The van der Waals surface area contributed by atoms with Crippen molar-refractivity contribution in [1.29, 1.82) is 5.26 Å². The van der Waals surface area contributed by atoms with Gasteiger partial charge in [-0.15, -0.1) is 0 Å². The lowest BCUT2D eigenvalue weighted by Crippen LogP contribution is -2.51. The molecule has 0 atom stereocenters. The lowest BCUT2D eigenvalue weighted by molar-refractivity contribution is 0.220. The molecule has 1 aliphatic heterocycles. The standard InChI is InChI=1S/C23H24ClN5/c24-16-7-8-21-19(11-16)27-22(29(21)10-4-3-9-25)14-28-15-23(12-17(26)13-23)18-5-1-2-6-20(18)28/h1-2,5-8,11,17H,3-4,10,12-15,26H2. The highest BCUT2D eigenvalue weighted by Crippen LogP contribution is 2.52. The number of unbranched alkanes of at least 4 members (excludes halogenated alkanes) is 1. The van der Waals surface area contributed by atoms with Gasteiger partial charge in [-0.25, -0.2) is 4.98 Å². The van der Waals surface area contributed by atoms with Crippen LogP contribution in [-0.4, -0.2) is 22.1 Å². The van der Waals surface area contributed by atoms with Crippen LogP contribution in [-0.2, 0) is 18.5 Å². The zero-order valence-electron chi connectivity index (χ0n) is 16.3. The van der Waals surface area contributed by atoms with Crippen molar-refractivity contribution in [2.45, 2.75) is 50.2 Å². The Bertz CT molecular complexity index is 1110. The third-order valence-electron chi connectivity index (χ3n) is 6.41. The average Bonchev–Trinajstić information content (AvgIpc) is 3.18. The second-order valence-electron chi connectivity index (χ2n) is 8.40. The van der Waals surface area contributed by atoms with Gasteiger partial charge in [0, 0.05) is 41.7 Å². The number of para-hydroxylation sites is 1. The van der Waals surface area contributed by atoms with Crippen molar-refractivity contribution in [3.05, 3.63) is 58.9 Å². The summed E-state index contributed by atoms with van der Waals surface area (Å²) in [5.41, 5.74) is 11.1. The van der Waals surface area contributed by atoms with E-state index in [-0.39, 0.29) is 5.41 Å². The molecular weight excluding hydrogens is 382 g/mol. The van der Waals surface area contributed by atoms with Crippen LogP contribution in [0.25, 0.3) is 11.0 Å². The van der Waals surface area contributed by atoms with Crippen LogP contribution >= 0.6 is 11.6 Å². The van der Waals surface area contributed by atoms with Crippen molar-refractivity contribution in [2.75, 3.05) is 11.4 Å². The molecule has 2 aromatic carbocycles. The van der Waals surface area contributed by atoms with E-state index in [2.05, 4.69) is 39.8 Å². The molecule has 2 heterocycles. The van der Waals surface area contributed by atoms with Gasteiger partial charge in [0.2, 0.25) is 0 Å². The van der Waals surface area contributed by atoms with Crippen LogP contribution in [0.1, 0.15) is 37.1 Å². The van der Waals surface area contributed by atoms with E-state index in [9.17, 15) is 0 Å². The predicted octanol–water partition coefficient (Wildman–Crippen LogP) is 4.37. The fraction of sp³-hybridized carbons (Fsp3) is 0.391. The summed E-state index contributed by atoms with van der Waals surface area (Å²) in [6.45, 7) is 2.52. The summed E-state index contributed by atoms with van der Waals surface area (Å²) >= 11 is 6.21. The van der Waals surface area contributed by atoms with Crippen LogP contribution in [0.2, 0.25) is 5.02 Å². The van der Waals surface area contributed by atoms with Crippen molar-refractivity contribution in [3.63, 3.8) is 0 Å². The van der Waals surface area contributed by atoms with E-state index in [1.165, 1.54) is 11.3 Å².